The molecule has 0 aliphatic heterocycles. The van der Waals surface area contributed by atoms with E-state index in [2.05, 4.69) is 51.1 Å². The molecule has 0 aliphatic carbocycles. The average molecular weight is 557 g/mol. The van der Waals surface area contributed by atoms with Gasteiger partial charge in [0.1, 0.15) is 6.73 Å². The van der Waals surface area contributed by atoms with Gasteiger partial charge < -0.3 is 15.2 Å². The second kappa shape index (κ2) is 10.9. The van der Waals surface area contributed by atoms with Crippen LogP contribution in [0.15, 0.2) is 65.4 Å². The number of anilines is 1. The van der Waals surface area contributed by atoms with Crippen LogP contribution in [-0.4, -0.2) is 51.9 Å². The molecule has 4 rings (SSSR count). The van der Waals surface area contributed by atoms with Crippen LogP contribution in [0.2, 0.25) is 25.7 Å². The first-order chi connectivity index (χ1) is 16.7. The summed E-state index contributed by atoms with van der Waals surface area (Å²) in [6.45, 7) is 7.76. The first-order valence-corrected chi connectivity index (χ1v) is 16.0. The number of ether oxygens (including phenoxy) is 1. The highest BCUT2D eigenvalue weighted by Crippen LogP contribution is 2.25. The number of fused-ring (bicyclic) bond motifs is 1. The summed E-state index contributed by atoms with van der Waals surface area (Å²) < 4.78 is 10.2. The van der Waals surface area contributed by atoms with E-state index in [-0.39, 0.29) is 25.3 Å². The van der Waals surface area contributed by atoms with E-state index in [1.807, 2.05) is 48.5 Å². The normalized spacial score (nSPS) is 12.7. The quantitative estimate of drug-likeness (QED) is 0.208. The van der Waals surface area contributed by atoms with Gasteiger partial charge in [0.05, 0.1) is 30.0 Å². The maximum atomic E-state index is 13.2. The van der Waals surface area contributed by atoms with E-state index in [0.717, 1.165) is 27.0 Å². The molecule has 2 aromatic heterocycles. The van der Waals surface area contributed by atoms with Gasteiger partial charge in [0, 0.05) is 30.7 Å². The standard InChI is InChI=1S/C25H30BrN5O3Si/c1-35(2,3)12-11-34-17-31-22-13-19(26)9-10-21(22)24(29-31)25(33)28-20-14-27-30(15-20)23(16-32)18-7-5-4-6-8-18/h4-10,13-15,23,32H,11-12,16-17H2,1-3H3,(H,28,33). The van der Waals surface area contributed by atoms with Crippen LogP contribution in [0, 0.1) is 0 Å². The number of carbonyl (C=O) groups is 1. The molecule has 2 aromatic carbocycles. The highest BCUT2D eigenvalue weighted by atomic mass is 79.9. The molecule has 1 atom stereocenters. The van der Waals surface area contributed by atoms with E-state index in [4.69, 9.17) is 4.74 Å². The van der Waals surface area contributed by atoms with Crippen molar-refractivity contribution in [3.8, 4) is 0 Å². The van der Waals surface area contributed by atoms with Crippen LogP contribution in [0.1, 0.15) is 22.1 Å². The van der Waals surface area contributed by atoms with E-state index in [9.17, 15) is 9.90 Å². The van der Waals surface area contributed by atoms with Crippen LogP contribution in [0.25, 0.3) is 10.9 Å². The fourth-order valence-electron chi connectivity index (χ4n) is 3.72. The third kappa shape index (κ3) is 6.26. The van der Waals surface area contributed by atoms with Crippen LogP contribution in [0.3, 0.4) is 0 Å². The Balaban J connectivity index is 1.52. The van der Waals surface area contributed by atoms with E-state index in [1.54, 1.807) is 21.8 Å². The van der Waals surface area contributed by atoms with Crippen molar-refractivity contribution in [3.63, 3.8) is 0 Å². The van der Waals surface area contributed by atoms with Gasteiger partial charge in [-0.05, 0) is 29.8 Å². The van der Waals surface area contributed by atoms with Gasteiger partial charge in [0.25, 0.3) is 5.91 Å². The Hall–Kier alpha value is -2.79. The number of amides is 1. The van der Waals surface area contributed by atoms with Crippen LogP contribution in [-0.2, 0) is 11.5 Å². The summed E-state index contributed by atoms with van der Waals surface area (Å²) >= 11 is 3.51. The van der Waals surface area contributed by atoms with Crippen molar-refractivity contribution in [2.45, 2.75) is 38.5 Å². The van der Waals surface area contributed by atoms with Gasteiger partial charge in [-0.2, -0.15) is 10.2 Å². The van der Waals surface area contributed by atoms with Gasteiger partial charge in [-0.3, -0.25) is 9.48 Å². The Bertz CT molecular complexity index is 1300. The zero-order chi connectivity index (χ0) is 25.0. The molecule has 4 aromatic rings. The van der Waals surface area contributed by atoms with Gasteiger partial charge in [-0.15, -0.1) is 0 Å². The number of aliphatic hydroxyl groups excluding tert-OH is 1. The number of benzene rings is 2. The number of hydrogen-bond donors (Lipinski definition) is 2. The van der Waals surface area contributed by atoms with Crippen LogP contribution in [0.5, 0.6) is 0 Å². The van der Waals surface area contributed by atoms with Gasteiger partial charge in [0.15, 0.2) is 5.69 Å². The topological polar surface area (TPSA) is 94.2 Å². The summed E-state index contributed by atoms with van der Waals surface area (Å²) in [6.07, 6.45) is 3.28. The molecule has 0 saturated heterocycles. The lowest BCUT2D eigenvalue weighted by atomic mass is 10.1. The molecule has 184 valence electrons. The van der Waals surface area contributed by atoms with E-state index in [0.29, 0.717) is 18.0 Å². The molecule has 0 saturated carbocycles. The number of halogens is 1. The fourth-order valence-corrected chi connectivity index (χ4v) is 4.83. The van der Waals surface area contributed by atoms with E-state index < -0.39 is 8.07 Å². The SMILES string of the molecule is C[Si](C)(C)CCOCn1nc(C(=O)Nc2cnn(C(CO)c3ccccc3)c2)c2ccc(Br)cc21. The number of rotatable bonds is 10. The Labute approximate surface area is 214 Å². The molecule has 0 aliphatic rings. The number of nitrogens with zero attached hydrogens (tertiary/aromatic N) is 4. The molecule has 0 bridgehead atoms. The minimum atomic E-state index is -1.19. The number of nitrogens with one attached hydrogen (secondary N) is 1. The number of carbonyl (C=O) groups excluding carboxylic acids is 1. The molecule has 10 heteroatoms. The highest BCUT2D eigenvalue weighted by Gasteiger charge is 2.20. The third-order valence-electron chi connectivity index (χ3n) is 5.67. The van der Waals surface area contributed by atoms with Crippen LogP contribution < -0.4 is 5.32 Å². The van der Waals surface area contributed by atoms with Crippen molar-refractivity contribution in [1.29, 1.82) is 0 Å². The number of aromatic nitrogens is 4. The Morgan fingerprint density at radius 2 is 1.97 bits per heavy atom. The summed E-state index contributed by atoms with van der Waals surface area (Å²) in [6, 6.07) is 16.0. The molecular weight excluding hydrogens is 526 g/mol. The van der Waals surface area contributed by atoms with Crippen molar-refractivity contribution >= 4 is 46.5 Å². The molecule has 35 heavy (non-hydrogen) atoms. The van der Waals surface area contributed by atoms with Crippen molar-refractivity contribution < 1.29 is 14.6 Å². The van der Waals surface area contributed by atoms with Gasteiger partial charge in [-0.25, -0.2) is 4.68 Å². The first-order valence-electron chi connectivity index (χ1n) is 11.5. The molecule has 0 radical (unpaired) electrons. The highest BCUT2D eigenvalue weighted by molar-refractivity contribution is 9.10. The lowest BCUT2D eigenvalue weighted by molar-refractivity contribution is 0.0809. The van der Waals surface area contributed by atoms with Crippen LogP contribution >= 0.6 is 15.9 Å². The van der Waals surface area contributed by atoms with Crippen molar-refractivity contribution in [1.82, 2.24) is 19.6 Å². The predicted molar refractivity (Wildman–Crippen MR) is 143 cm³/mol. The molecule has 0 spiro atoms. The summed E-state index contributed by atoms with van der Waals surface area (Å²) in [4.78, 5) is 13.2. The van der Waals surface area contributed by atoms with Crippen molar-refractivity contribution in [3.05, 3.63) is 76.7 Å². The first kappa shape index (κ1) is 25.3. The Morgan fingerprint density at radius 1 is 1.20 bits per heavy atom. The van der Waals surface area contributed by atoms with Crippen molar-refractivity contribution in [2.24, 2.45) is 0 Å². The third-order valence-corrected chi connectivity index (χ3v) is 7.87. The number of hydrogen-bond acceptors (Lipinski definition) is 5. The van der Waals surface area contributed by atoms with Crippen LogP contribution in [0.4, 0.5) is 5.69 Å². The monoisotopic (exact) mass is 555 g/mol. The zero-order valence-electron chi connectivity index (χ0n) is 20.1. The maximum absolute atomic E-state index is 13.2. The molecule has 0 fully saturated rings. The van der Waals surface area contributed by atoms with E-state index >= 15 is 0 Å². The summed E-state index contributed by atoms with van der Waals surface area (Å²) in [5.74, 6) is -0.335. The second-order valence-electron chi connectivity index (χ2n) is 9.63. The minimum Gasteiger partial charge on any atom is -0.394 e. The van der Waals surface area contributed by atoms with E-state index in [1.165, 1.54) is 0 Å². The molecule has 2 heterocycles. The molecule has 1 amide bonds. The predicted octanol–water partition coefficient (Wildman–Crippen LogP) is 5.14. The Kier molecular flexibility index (Phi) is 7.85. The summed E-state index contributed by atoms with van der Waals surface area (Å²) in [5, 5.41) is 22.5. The summed E-state index contributed by atoms with van der Waals surface area (Å²) in [7, 11) is -1.19. The molecule has 8 nitrogen and oxygen atoms in total. The summed E-state index contributed by atoms with van der Waals surface area (Å²) in [5.41, 5.74) is 2.59. The minimum absolute atomic E-state index is 0.110. The lowest BCUT2D eigenvalue weighted by Crippen LogP contribution is -2.22. The van der Waals surface area contributed by atoms with Gasteiger partial charge in [0.2, 0.25) is 0 Å². The van der Waals surface area contributed by atoms with Gasteiger partial charge >= 0.3 is 0 Å². The molecule has 1 unspecified atom stereocenters. The van der Waals surface area contributed by atoms with Gasteiger partial charge in [-0.1, -0.05) is 65.9 Å². The smallest absolute Gasteiger partial charge is 0.276 e. The average Bonchev–Trinajstić information content (AvgIpc) is 3.42. The fraction of sp³-hybridized carbons (Fsp3) is 0.320. The number of aliphatic hydroxyl groups is 1. The zero-order valence-corrected chi connectivity index (χ0v) is 22.7. The maximum Gasteiger partial charge on any atom is 0.276 e. The largest absolute Gasteiger partial charge is 0.394 e. The Morgan fingerprint density at radius 3 is 2.69 bits per heavy atom. The second-order valence-corrected chi connectivity index (χ2v) is 16.2. The molecule has 2 N–H and O–H groups in total. The lowest BCUT2D eigenvalue weighted by Gasteiger charge is -2.15. The molecular formula is C25H30BrN5O3Si. The van der Waals surface area contributed by atoms with Crippen molar-refractivity contribution in [2.75, 3.05) is 18.5 Å².